The fourth-order valence-corrected chi connectivity index (χ4v) is 3.01. The molecule has 0 radical (unpaired) electrons. The van der Waals surface area contributed by atoms with E-state index in [4.69, 9.17) is 9.78 Å². The highest BCUT2D eigenvalue weighted by Crippen LogP contribution is 2.31. The molecular formula is C18H20N4O2. The van der Waals surface area contributed by atoms with E-state index in [0.29, 0.717) is 29.4 Å². The molecule has 0 bridgehead atoms. The number of nitrogens with zero attached hydrogens (tertiary/aromatic N) is 4. The van der Waals surface area contributed by atoms with Crippen LogP contribution >= 0.6 is 0 Å². The van der Waals surface area contributed by atoms with E-state index < -0.39 is 0 Å². The molecule has 3 rings (SSSR count). The number of aryl methyl sites for hydroxylation is 1. The van der Waals surface area contributed by atoms with Gasteiger partial charge in [0.15, 0.2) is 5.82 Å². The Balaban J connectivity index is 1.82. The van der Waals surface area contributed by atoms with Crippen LogP contribution in [-0.2, 0) is 6.42 Å². The third-order valence-electron chi connectivity index (χ3n) is 4.27. The molecule has 0 saturated carbocycles. The topological polar surface area (TPSA) is 83.0 Å². The second-order valence-corrected chi connectivity index (χ2v) is 6.00. The summed E-state index contributed by atoms with van der Waals surface area (Å²) < 4.78 is 5.41. The van der Waals surface area contributed by atoms with E-state index in [-0.39, 0.29) is 11.9 Å². The summed E-state index contributed by atoms with van der Waals surface area (Å²) in [6.45, 7) is 2.74. The second kappa shape index (κ2) is 7.26. The number of hydrogen-bond donors (Lipinski definition) is 0. The standard InChI is InChI=1S/C18H20N4O2/c1-2-5-16-20-17(24-21-16)15-6-3-4-11-22(15)18(23)14-9-7-13(12-19)8-10-14/h7-10,15H,2-6,11H2,1H3. The highest BCUT2D eigenvalue weighted by Gasteiger charge is 2.32. The second-order valence-electron chi connectivity index (χ2n) is 6.00. The van der Waals surface area contributed by atoms with E-state index in [9.17, 15) is 4.79 Å². The Bertz CT molecular complexity index is 745. The van der Waals surface area contributed by atoms with Crippen LogP contribution in [0, 0.1) is 11.3 Å². The quantitative estimate of drug-likeness (QED) is 0.862. The van der Waals surface area contributed by atoms with Crippen molar-refractivity contribution in [3.8, 4) is 6.07 Å². The van der Waals surface area contributed by atoms with E-state index in [2.05, 4.69) is 23.1 Å². The fourth-order valence-electron chi connectivity index (χ4n) is 3.01. The number of aromatic nitrogens is 2. The zero-order valence-electron chi connectivity index (χ0n) is 13.7. The number of hydrogen-bond acceptors (Lipinski definition) is 5. The summed E-state index contributed by atoms with van der Waals surface area (Å²) in [7, 11) is 0. The Morgan fingerprint density at radius 1 is 1.38 bits per heavy atom. The van der Waals surface area contributed by atoms with Gasteiger partial charge in [-0.3, -0.25) is 4.79 Å². The lowest BCUT2D eigenvalue weighted by atomic mass is 10.0. The molecule has 1 amide bonds. The van der Waals surface area contributed by atoms with E-state index in [1.54, 1.807) is 24.3 Å². The van der Waals surface area contributed by atoms with Crippen molar-refractivity contribution in [1.82, 2.24) is 15.0 Å². The number of piperidine rings is 1. The molecule has 2 heterocycles. The van der Waals surface area contributed by atoms with Gasteiger partial charge < -0.3 is 9.42 Å². The van der Waals surface area contributed by atoms with Crippen LogP contribution in [0.3, 0.4) is 0 Å². The van der Waals surface area contributed by atoms with E-state index in [0.717, 1.165) is 32.1 Å². The van der Waals surface area contributed by atoms with Gasteiger partial charge in [0.1, 0.15) is 6.04 Å². The molecule has 1 unspecified atom stereocenters. The maximum absolute atomic E-state index is 12.9. The minimum Gasteiger partial charge on any atom is -0.337 e. The number of rotatable bonds is 4. The first-order valence-corrected chi connectivity index (χ1v) is 8.36. The van der Waals surface area contributed by atoms with Gasteiger partial charge >= 0.3 is 0 Å². The van der Waals surface area contributed by atoms with E-state index in [1.807, 2.05) is 4.90 Å². The maximum Gasteiger partial charge on any atom is 0.254 e. The van der Waals surface area contributed by atoms with Gasteiger partial charge in [-0.15, -0.1) is 0 Å². The lowest BCUT2D eigenvalue weighted by molar-refractivity contribution is 0.0561. The van der Waals surface area contributed by atoms with Gasteiger partial charge in [-0.25, -0.2) is 0 Å². The molecule has 2 aromatic rings. The molecule has 0 spiro atoms. The highest BCUT2D eigenvalue weighted by molar-refractivity contribution is 5.94. The fraction of sp³-hybridized carbons (Fsp3) is 0.444. The van der Waals surface area contributed by atoms with Gasteiger partial charge in [0.2, 0.25) is 5.89 Å². The van der Waals surface area contributed by atoms with E-state index in [1.165, 1.54) is 0 Å². The lowest BCUT2D eigenvalue weighted by Gasteiger charge is -2.33. The monoisotopic (exact) mass is 324 g/mol. The van der Waals surface area contributed by atoms with Gasteiger partial charge in [-0.2, -0.15) is 10.2 Å². The van der Waals surface area contributed by atoms with Crippen molar-refractivity contribution in [2.75, 3.05) is 6.54 Å². The molecule has 1 aromatic heterocycles. The van der Waals surface area contributed by atoms with Gasteiger partial charge in [0.05, 0.1) is 11.6 Å². The number of amides is 1. The smallest absolute Gasteiger partial charge is 0.254 e. The summed E-state index contributed by atoms with van der Waals surface area (Å²) in [5.74, 6) is 1.17. The first-order valence-electron chi connectivity index (χ1n) is 8.36. The summed E-state index contributed by atoms with van der Waals surface area (Å²) in [6.07, 6.45) is 4.56. The summed E-state index contributed by atoms with van der Waals surface area (Å²) in [5.41, 5.74) is 1.12. The minimum absolute atomic E-state index is 0.0561. The Hall–Kier alpha value is -2.68. The average Bonchev–Trinajstić information content (AvgIpc) is 3.10. The van der Waals surface area contributed by atoms with Crippen molar-refractivity contribution < 1.29 is 9.32 Å². The number of benzene rings is 1. The molecule has 1 atom stereocenters. The van der Waals surface area contributed by atoms with Crippen LogP contribution in [0.15, 0.2) is 28.8 Å². The van der Waals surface area contributed by atoms with Gasteiger partial charge in [0.25, 0.3) is 5.91 Å². The van der Waals surface area contributed by atoms with Gasteiger partial charge in [-0.1, -0.05) is 12.1 Å². The molecule has 24 heavy (non-hydrogen) atoms. The Kier molecular flexibility index (Phi) is 4.90. The SMILES string of the molecule is CCCc1noc(C2CCCCN2C(=O)c2ccc(C#N)cc2)n1. The van der Waals surface area contributed by atoms with Crippen LogP contribution in [0.1, 0.15) is 66.3 Å². The van der Waals surface area contributed by atoms with E-state index >= 15 is 0 Å². The molecule has 0 N–H and O–H groups in total. The molecule has 1 aromatic carbocycles. The van der Waals surface area contributed by atoms with Crippen molar-refractivity contribution in [1.29, 1.82) is 5.26 Å². The summed E-state index contributed by atoms with van der Waals surface area (Å²) in [5, 5.41) is 12.9. The maximum atomic E-state index is 12.9. The molecule has 1 aliphatic heterocycles. The van der Waals surface area contributed by atoms with Crippen LogP contribution in [0.2, 0.25) is 0 Å². The van der Waals surface area contributed by atoms with Crippen molar-refractivity contribution in [3.05, 3.63) is 47.1 Å². The van der Waals surface area contributed by atoms with Gasteiger partial charge in [0, 0.05) is 18.5 Å². The first-order chi connectivity index (χ1) is 11.7. The Labute approximate surface area is 141 Å². The third kappa shape index (κ3) is 3.30. The zero-order valence-corrected chi connectivity index (χ0v) is 13.7. The molecule has 0 aliphatic carbocycles. The summed E-state index contributed by atoms with van der Waals surface area (Å²) >= 11 is 0. The minimum atomic E-state index is -0.167. The molecular weight excluding hydrogens is 304 g/mol. The van der Waals surface area contributed by atoms with Crippen LogP contribution in [0.4, 0.5) is 0 Å². The predicted molar refractivity (Wildman–Crippen MR) is 87.1 cm³/mol. The molecule has 6 heteroatoms. The van der Waals surface area contributed by atoms with Crippen molar-refractivity contribution in [3.63, 3.8) is 0 Å². The molecule has 1 fully saturated rings. The average molecular weight is 324 g/mol. The van der Waals surface area contributed by atoms with Crippen molar-refractivity contribution in [2.24, 2.45) is 0 Å². The molecule has 6 nitrogen and oxygen atoms in total. The van der Waals surface area contributed by atoms with Crippen LogP contribution in [0.25, 0.3) is 0 Å². The third-order valence-corrected chi connectivity index (χ3v) is 4.27. The normalized spacial score (nSPS) is 17.5. The Morgan fingerprint density at radius 2 is 2.17 bits per heavy atom. The van der Waals surface area contributed by atoms with Crippen LogP contribution in [0.5, 0.6) is 0 Å². The number of carbonyl (C=O) groups excluding carboxylic acids is 1. The summed E-state index contributed by atoms with van der Waals surface area (Å²) in [6, 6.07) is 8.62. The molecule has 1 saturated heterocycles. The number of nitriles is 1. The van der Waals surface area contributed by atoms with Crippen molar-refractivity contribution >= 4 is 5.91 Å². The summed E-state index contributed by atoms with van der Waals surface area (Å²) in [4.78, 5) is 19.1. The largest absolute Gasteiger partial charge is 0.337 e. The van der Waals surface area contributed by atoms with Gasteiger partial charge in [-0.05, 0) is 49.9 Å². The van der Waals surface area contributed by atoms with Crippen LogP contribution < -0.4 is 0 Å². The van der Waals surface area contributed by atoms with Crippen LogP contribution in [-0.4, -0.2) is 27.5 Å². The Morgan fingerprint density at radius 3 is 2.88 bits per heavy atom. The highest BCUT2D eigenvalue weighted by atomic mass is 16.5. The molecule has 1 aliphatic rings. The zero-order chi connectivity index (χ0) is 16.9. The lowest BCUT2D eigenvalue weighted by Crippen LogP contribution is -2.38. The molecule has 124 valence electrons. The number of likely N-dealkylation sites (tertiary alicyclic amines) is 1. The first kappa shape index (κ1) is 16.2. The number of carbonyl (C=O) groups is 1. The van der Waals surface area contributed by atoms with Crippen molar-refractivity contribution in [2.45, 2.75) is 45.1 Å². The predicted octanol–water partition coefficient (Wildman–Crippen LogP) is 3.26.